The van der Waals surface area contributed by atoms with Crippen molar-refractivity contribution in [2.24, 2.45) is 5.73 Å². The molecule has 0 radical (unpaired) electrons. The third-order valence-corrected chi connectivity index (χ3v) is 2.86. The van der Waals surface area contributed by atoms with Crippen LogP contribution in [0, 0.1) is 0 Å². The van der Waals surface area contributed by atoms with Gasteiger partial charge in [-0.3, -0.25) is 4.79 Å². The van der Waals surface area contributed by atoms with E-state index >= 15 is 0 Å². The van der Waals surface area contributed by atoms with E-state index in [0.29, 0.717) is 30.2 Å². The molecule has 5 heteroatoms. The van der Waals surface area contributed by atoms with Gasteiger partial charge >= 0.3 is 0 Å². The molecule has 0 saturated heterocycles. The van der Waals surface area contributed by atoms with Gasteiger partial charge < -0.3 is 15.8 Å². The van der Waals surface area contributed by atoms with E-state index in [1.54, 1.807) is 19.2 Å². The summed E-state index contributed by atoms with van der Waals surface area (Å²) in [6.45, 7) is 2.36. The van der Waals surface area contributed by atoms with Gasteiger partial charge in [-0.15, -0.1) is 0 Å². The number of hydrogen-bond acceptors (Lipinski definition) is 3. The van der Waals surface area contributed by atoms with Crippen LogP contribution >= 0.6 is 11.6 Å². The molecule has 0 spiro atoms. The van der Waals surface area contributed by atoms with Gasteiger partial charge in [0.05, 0.1) is 11.6 Å². The van der Waals surface area contributed by atoms with Crippen LogP contribution in [0.15, 0.2) is 18.2 Å². The fourth-order valence-electron chi connectivity index (χ4n) is 1.46. The lowest BCUT2D eigenvalue weighted by atomic mass is 10.1. The minimum atomic E-state index is -0.0511. The SMILES string of the molecule is CNC(=O)CCCOc1ccc(C(C)N)cc1Cl. The number of carbonyl (C=O) groups is 1. The van der Waals surface area contributed by atoms with E-state index in [-0.39, 0.29) is 11.9 Å². The van der Waals surface area contributed by atoms with Crippen molar-refractivity contribution in [2.45, 2.75) is 25.8 Å². The van der Waals surface area contributed by atoms with E-state index in [9.17, 15) is 4.79 Å². The van der Waals surface area contributed by atoms with Gasteiger partial charge in [0.2, 0.25) is 5.91 Å². The number of ether oxygens (including phenoxy) is 1. The van der Waals surface area contributed by atoms with Crippen molar-refractivity contribution in [3.8, 4) is 5.75 Å². The molecule has 4 nitrogen and oxygen atoms in total. The second-order valence-electron chi connectivity index (χ2n) is 4.10. The normalized spacial score (nSPS) is 12.0. The summed E-state index contributed by atoms with van der Waals surface area (Å²) in [6, 6.07) is 5.45. The van der Waals surface area contributed by atoms with Gasteiger partial charge in [0.1, 0.15) is 5.75 Å². The number of benzene rings is 1. The lowest BCUT2D eigenvalue weighted by Gasteiger charge is -2.11. The molecule has 0 fully saturated rings. The van der Waals surface area contributed by atoms with Crippen molar-refractivity contribution in [3.05, 3.63) is 28.8 Å². The van der Waals surface area contributed by atoms with Gasteiger partial charge in [-0.05, 0) is 31.0 Å². The minimum absolute atomic E-state index is 0.0111. The lowest BCUT2D eigenvalue weighted by Crippen LogP contribution is -2.18. The van der Waals surface area contributed by atoms with E-state index < -0.39 is 0 Å². The summed E-state index contributed by atoms with van der Waals surface area (Å²) in [4.78, 5) is 11.0. The molecule has 0 aliphatic heterocycles. The highest BCUT2D eigenvalue weighted by Crippen LogP contribution is 2.27. The molecule has 0 saturated carbocycles. The molecule has 1 atom stereocenters. The van der Waals surface area contributed by atoms with E-state index in [1.165, 1.54) is 0 Å². The van der Waals surface area contributed by atoms with Gasteiger partial charge in [-0.25, -0.2) is 0 Å². The molecular formula is C13H19ClN2O2. The Labute approximate surface area is 112 Å². The molecule has 3 N–H and O–H groups in total. The molecule has 1 aromatic carbocycles. The molecule has 1 rings (SSSR count). The van der Waals surface area contributed by atoms with Gasteiger partial charge in [0.15, 0.2) is 0 Å². The number of nitrogens with two attached hydrogens (primary N) is 1. The van der Waals surface area contributed by atoms with E-state index in [4.69, 9.17) is 22.1 Å². The molecular weight excluding hydrogens is 252 g/mol. The fourth-order valence-corrected chi connectivity index (χ4v) is 1.70. The van der Waals surface area contributed by atoms with Crippen LogP contribution in [0.4, 0.5) is 0 Å². The summed E-state index contributed by atoms with van der Waals surface area (Å²) in [5.74, 6) is 0.634. The molecule has 0 aliphatic carbocycles. The highest BCUT2D eigenvalue weighted by Gasteiger charge is 2.06. The van der Waals surface area contributed by atoms with Gasteiger partial charge in [-0.2, -0.15) is 0 Å². The van der Waals surface area contributed by atoms with Gasteiger partial charge in [0, 0.05) is 19.5 Å². The first-order valence-electron chi connectivity index (χ1n) is 5.93. The van der Waals surface area contributed by atoms with Crippen LogP contribution in [0.2, 0.25) is 5.02 Å². The van der Waals surface area contributed by atoms with Crippen LogP contribution in [-0.4, -0.2) is 19.6 Å². The smallest absolute Gasteiger partial charge is 0.219 e. The zero-order chi connectivity index (χ0) is 13.5. The standard InChI is InChI=1S/C13H19ClN2O2/c1-9(15)10-5-6-12(11(14)8-10)18-7-3-4-13(17)16-2/h5-6,8-9H,3-4,7,15H2,1-2H3,(H,16,17). The number of halogens is 1. The van der Waals surface area contributed by atoms with Crippen LogP contribution in [-0.2, 0) is 4.79 Å². The minimum Gasteiger partial charge on any atom is -0.492 e. The molecule has 0 bridgehead atoms. The highest BCUT2D eigenvalue weighted by atomic mass is 35.5. The summed E-state index contributed by atoms with van der Waals surface area (Å²) in [5.41, 5.74) is 6.73. The van der Waals surface area contributed by atoms with E-state index in [2.05, 4.69) is 5.32 Å². The first-order chi connectivity index (χ1) is 8.54. The van der Waals surface area contributed by atoms with Gasteiger partial charge in [-0.1, -0.05) is 17.7 Å². The molecule has 1 amide bonds. The molecule has 1 unspecified atom stereocenters. The van der Waals surface area contributed by atoms with Crippen LogP contribution in [0.3, 0.4) is 0 Å². The number of amides is 1. The summed E-state index contributed by atoms with van der Waals surface area (Å²) < 4.78 is 5.51. The second-order valence-corrected chi connectivity index (χ2v) is 4.51. The molecule has 1 aromatic rings. The Morgan fingerprint density at radius 2 is 2.28 bits per heavy atom. The third kappa shape index (κ3) is 4.55. The van der Waals surface area contributed by atoms with Crippen molar-refractivity contribution in [3.63, 3.8) is 0 Å². The second kappa shape index (κ2) is 7.24. The van der Waals surface area contributed by atoms with Crippen molar-refractivity contribution in [1.29, 1.82) is 0 Å². The Bertz CT molecular complexity index is 408. The molecule has 0 heterocycles. The number of rotatable bonds is 6. The average Bonchev–Trinajstić information content (AvgIpc) is 2.35. The largest absolute Gasteiger partial charge is 0.492 e. The van der Waals surface area contributed by atoms with Crippen LogP contribution in [0.1, 0.15) is 31.4 Å². The van der Waals surface area contributed by atoms with Crippen LogP contribution in [0.25, 0.3) is 0 Å². The van der Waals surface area contributed by atoms with Crippen molar-refractivity contribution >= 4 is 17.5 Å². The maximum absolute atomic E-state index is 11.0. The average molecular weight is 271 g/mol. The van der Waals surface area contributed by atoms with Crippen molar-refractivity contribution < 1.29 is 9.53 Å². The summed E-state index contributed by atoms with van der Waals surface area (Å²) in [5, 5.41) is 3.11. The first-order valence-corrected chi connectivity index (χ1v) is 6.30. The highest BCUT2D eigenvalue weighted by molar-refractivity contribution is 6.32. The van der Waals surface area contributed by atoms with E-state index in [1.807, 2.05) is 13.0 Å². The zero-order valence-electron chi connectivity index (χ0n) is 10.7. The molecule has 0 aromatic heterocycles. The Kier molecular flexibility index (Phi) is 5.95. The molecule has 0 aliphatic rings. The zero-order valence-corrected chi connectivity index (χ0v) is 11.5. The molecule has 18 heavy (non-hydrogen) atoms. The Balaban J connectivity index is 2.45. The fraction of sp³-hybridized carbons (Fsp3) is 0.462. The Morgan fingerprint density at radius 1 is 1.56 bits per heavy atom. The molecule has 100 valence electrons. The summed E-state index contributed by atoms with van der Waals surface area (Å²) in [7, 11) is 1.62. The monoisotopic (exact) mass is 270 g/mol. The van der Waals surface area contributed by atoms with E-state index in [0.717, 1.165) is 5.56 Å². The maximum Gasteiger partial charge on any atom is 0.219 e. The van der Waals surface area contributed by atoms with Crippen LogP contribution in [0.5, 0.6) is 5.75 Å². The lowest BCUT2D eigenvalue weighted by molar-refractivity contribution is -0.120. The Morgan fingerprint density at radius 3 is 2.83 bits per heavy atom. The Hall–Kier alpha value is -1.26. The number of nitrogens with one attached hydrogen (secondary N) is 1. The van der Waals surface area contributed by atoms with Crippen molar-refractivity contribution in [1.82, 2.24) is 5.32 Å². The number of hydrogen-bond donors (Lipinski definition) is 2. The van der Waals surface area contributed by atoms with Crippen molar-refractivity contribution in [2.75, 3.05) is 13.7 Å². The summed E-state index contributed by atoms with van der Waals surface area (Å²) >= 11 is 6.08. The van der Waals surface area contributed by atoms with Gasteiger partial charge in [0.25, 0.3) is 0 Å². The predicted molar refractivity (Wildman–Crippen MR) is 72.9 cm³/mol. The quantitative estimate of drug-likeness (QED) is 0.780. The topological polar surface area (TPSA) is 64.3 Å². The predicted octanol–water partition coefficient (Wildman–Crippen LogP) is 2.26. The maximum atomic E-state index is 11.0. The number of carbonyl (C=O) groups excluding carboxylic acids is 1. The van der Waals surface area contributed by atoms with Crippen LogP contribution < -0.4 is 15.8 Å². The third-order valence-electron chi connectivity index (χ3n) is 2.57. The summed E-state index contributed by atoms with van der Waals surface area (Å²) in [6.07, 6.45) is 1.11. The first kappa shape index (κ1) is 14.8.